The fraction of sp³-hybridized carbons (Fsp3) is 0.333. The zero-order valence-corrected chi connectivity index (χ0v) is 8.60. The van der Waals surface area contributed by atoms with E-state index >= 15 is 0 Å². The van der Waals surface area contributed by atoms with E-state index in [1.54, 1.807) is 0 Å². The van der Waals surface area contributed by atoms with Crippen LogP contribution in [0, 0.1) is 12.8 Å². The van der Waals surface area contributed by atoms with Gasteiger partial charge in [0.25, 0.3) is 0 Å². The van der Waals surface area contributed by atoms with E-state index in [1.165, 1.54) is 10.2 Å². The summed E-state index contributed by atoms with van der Waals surface area (Å²) in [6, 6.07) is 6.05. The Kier molecular flexibility index (Phi) is 1.69. The van der Waals surface area contributed by atoms with Crippen LogP contribution in [0.15, 0.2) is 24.4 Å². The molecule has 1 aliphatic rings. The quantitative estimate of drug-likeness (QED) is 0.708. The fourth-order valence-corrected chi connectivity index (χ4v) is 1.76. The Hall–Kier alpha value is -1.64. The molecule has 3 nitrogen and oxygen atoms in total. The lowest BCUT2D eigenvalue weighted by Crippen LogP contribution is -2.12. The number of carbonyl (C=O) groups is 1. The van der Waals surface area contributed by atoms with Gasteiger partial charge in [0.15, 0.2) is 0 Å². The first kappa shape index (κ1) is 8.65. The molecule has 3 heteroatoms. The van der Waals surface area contributed by atoms with Crippen LogP contribution in [0.1, 0.15) is 23.2 Å². The molecule has 0 N–H and O–H groups in total. The molecule has 1 aromatic heterocycles. The Labute approximate surface area is 87.7 Å². The van der Waals surface area contributed by atoms with Crippen LogP contribution in [0.25, 0.3) is 10.9 Å². The molecule has 0 aliphatic heterocycles. The average molecular weight is 200 g/mol. The number of benzene rings is 1. The number of hydrogen-bond donors (Lipinski definition) is 0. The van der Waals surface area contributed by atoms with Crippen molar-refractivity contribution in [3.05, 3.63) is 30.0 Å². The van der Waals surface area contributed by atoms with Crippen LogP contribution in [-0.4, -0.2) is 15.7 Å². The Morgan fingerprint density at radius 1 is 1.47 bits per heavy atom. The number of carbonyl (C=O) groups excluding carboxylic acids is 1. The van der Waals surface area contributed by atoms with Crippen molar-refractivity contribution in [3.8, 4) is 0 Å². The molecule has 0 spiro atoms. The summed E-state index contributed by atoms with van der Waals surface area (Å²) in [7, 11) is 0. The predicted octanol–water partition coefficient (Wildman–Crippen LogP) is 2.39. The van der Waals surface area contributed by atoms with Gasteiger partial charge in [0, 0.05) is 17.5 Å². The molecule has 0 saturated heterocycles. The third kappa shape index (κ3) is 1.44. The molecule has 1 fully saturated rings. The summed E-state index contributed by atoms with van der Waals surface area (Å²) < 4.78 is 1.50. The first-order chi connectivity index (χ1) is 7.24. The van der Waals surface area contributed by atoms with E-state index in [-0.39, 0.29) is 11.8 Å². The molecule has 0 unspecified atom stereocenters. The van der Waals surface area contributed by atoms with E-state index in [0.717, 1.165) is 23.7 Å². The molecule has 15 heavy (non-hydrogen) atoms. The minimum atomic E-state index is 0.142. The Balaban J connectivity index is 2.09. The molecule has 0 bridgehead atoms. The van der Waals surface area contributed by atoms with Crippen LogP contribution in [0.5, 0.6) is 0 Å². The summed E-state index contributed by atoms with van der Waals surface area (Å²) in [6.07, 6.45) is 3.87. The Bertz CT molecular complexity index is 538. The van der Waals surface area contributed by atoms with Gasteiger partial charge in [-0.3, -0.25) is 4.79 Å². The maximum atomic E-state index is 11.8. The molecule has 1 aromatic carbocycles. The van der Waals surface area contributed by atoms with E-state index in [1.807, 2.05) is 31.3 Å². The van der Waals surface area contributed by atoms with E-state index in [2.05, 4.69) is 5.10 Å². The van der Waals surface area contributed by atoms with Gasteiger partial charge in [-0.05, 0) is 31.4 Å². The van der Waals surface area contributed by atoms with E-state index in [9.17, 15) is 4.79 Å². The zero-order valence-electron chi connectivity index (χ0n) is 8.60. The molecule has 2 aromatic rings. The second kappa shape index (κ2) is 2.92. The van der Waals surface area contributed by atoms with Crippen molar-refractivity contribution in [2.45, 2.75) is 19.8 Å². The Morgan fingerprint density at radius 3 is 3.00 bits per heavy atom. The standard InChI is InChI=1S/C12H12N2O/c1-8-2-3-10-7-14(13-11(10)6-8)12(15)9-4-5-9/h2-3,6-7,9H,4-5H2,1H3. The number of aromatic nitrogens is 2. The van der Waals surface area contributed by atoms with Gasteiger partial charge in [0.1, 0.15) is 0 Å². The van der Waals surface area contributed by atoms with Gasteiger partial charge < -0.3 is 0 Å². The van der Waals surface area contributed by atoms with Crippen LogP contribution in [0.4, 0.5) is 0 Å². The molecule has 1 aliphatic carbocycles. The van der Waals surface area contributed by atoms with Gasteiger partial charge in [-0.25, -0.2) is 4.68 Å². The summed E-state index contributed by atoms with van der Waals surface area (Å²) in [5.41, 5.74) is 2.08. The number of aryl methyl sites for hydroxylation is 1. The first-order valence-electron chi connectivity index (χ1n) is 5.24. The fourth-order valence-electron chi connectivity index (χ4n) is 1.76. The minimum Gasteiger partial charge on any atom is -0.272 e. The van der Waals surface area contributed by atoms with Crippen LogP contribution in [0.2, 0.25) is 0 Å². The highest BCUT2D eigenvalue weighted by molar-refractivity contribution is 5.87. The van der Waals surface area contributed by atoms with Gasteiger partial charge in [-0.1, -0.05) is 12.1 Å². The Morgan fingerprint density at radius 2 is 2.27 bits per heavy atom. The van der Waals surface area contributed by atoms with Gasteiger partial charge >= 0.3 is 0 Å². The smallest absolute Gasteiger partial charge is 0.249 e. The van der Waals surface area contributed by atoms with Crippen LogP contribution in [0.3, 0.4) is 0 Å². The van der Waals surface area contributed by atoms with E-state index in [4.69, 9.17) is 0 Å². The maximum absolute atomic E-state index is 11.8. The van der Waals surface area contributed by atoms with Crippen LogP contribution in [-0.2, 0) is 0 Å². The number of hydrogen-bond acceptors (Lipinski definition) is 2. The highest BCUT2D eigenvalue weighted by Crippen LogP contribution is 2.30. The first-order valence-corrected chi connectivity index (χ1v) is 5.24. The summed E-state index contributed by atoms with van der Waals surface area (Å²) in [6.45, 7) is 2.03. The second-order valence-electron chi connectivity index (χ2n) is 4.25. The topological polar surface area (TPSA) is 34.9 Å². The highest BCUT2D eigenvalue weighted by Gasteiger charge is 2.31. The van der Waals surface area contributed by atoms with Crippen LogP contribution < -0.4 is 0 Å². The molecule has 0 amide bonds. The molecular formula is C12H12N2O. The second-order valence-corrected chi connectivity index (χ2v) is 4.25. The molecule has 0 atom stereocenters. The SMILES string of the molecule is Cc1ccc2cn(C(=O)C3CC3)nc2c1. The number of fused-ring (bicyclic) bond motifs is 1. The molecular weight excluding hydrogens is 188 g/mol. The highest BCUT2D eigenvalue weighted by atomic mass is 16.2. The summed E-state index contributed by atoms with van der Waals surface area (Å²) in [5, 5.41) is 5.34. The zero-order chi connectivity index (χ0) is 10.4. The van der Waals surface area contributed by atoms with E-state index < -0.39 is 0 Å². The summed E-state index contributed by atoms with van der Waals surface area (Å²) in [5.74, 6) is 0.365. The number of nitrogens with zero attached hydrogens (tertiary/aromatic N) is 2. The van der Waals surface area contributed by atoms with Gasteiger partial charge in [0.05, 0.1) is 5.52 Å². The molecule has 3 rings (SSSR count). The van der Waals surface area contributed by atoms with Gasteiger partial charge in [-0.15, -0.1) is 0 Å². The largest absolute Gasteiger partial charge is 0.272 e. The summed E-state index contributed by atoms with van der Waals surface area (Å²) >= 11 is 0. The maximum Gasteiger partial charge on any atom is 0.249 e. The van der Waals surface area contributed by atoms with Gasteiger partial charge in [-0.2, -0.15) is 5.10 Å². The molecule has 1 heterocycles. The van der Waals surface area contributed by atoms with Crippen molar-refractivity contribution in [3.63, 3.8) is 0 Å². The predicted molar refractivity (Wildman–Crippen MR) is 57.8 cm³/mol. The molecule has 0 radical (unpaired) electrons. The number of rotatable bonds is 1. The lowest BCUT2D eigenvalue weighted by atomic mass is 10.2. The van der Waals surface area contributed by atoms with Crippen molar-refractivity contribution >= 4 is 16.8 Å². The van der Waals surface area contributed by atoms with Crippen molar-refractivity contribution in [1.29, 1.82) is 0 Å². The van der Waals surface area contributed by atoms with Crippen molar-refractivity contribution in [1.82, 2.24) is 9.78 Å². The van der Waals surface area contributed by atoms with Gasteiger partial charge in [0.2, 0.25) is 5.91 Å². The lowest BCUT2D eigenvalue weighted by Gasteiger charge is -1.94. The third-order valence-electron chi connectivity index (χ3n) is 2.82. The average Bonchev–Trinajstić information content (AvgIpc) is 2.97. The summed E-state index contributed by atoms with van der Waals surface area (Å²) in [4.78, 5) is 11.8. The monoisotopic (exact) mass is 200 g/mol. The molecule has 76 valence electrons. The van der Waals surface area contributed by atoms with Crippen molar-refractivity contribution < 1.29 is 4.79 Å². The van der Waals surface area contributed by atoms with E-state index in [0.29, 0.717) is 0 Å². The lowest BCUT2D eigenvalue weighted by molar-refractivity contribution is 0.0871. The van der Waals surface area contributed by atoms with Crippen molar-refractivity contribution in [2.24, 2.45) is 5.92 Å². The minimum absolute atomic E-state index is 0.142. The normalized spacial score (nSPS) is 15.8. The van der Waals surface area contributed by atoms with Crippen molar-refractivity contribution in [2.75, 3.05) is 0 Å². The molecule has 1 saturated carbocycles. The van der Waals surface area contributed by atoms with Crippen LogP contribution >= 0.6 is 0 Å². The third-order valence-corrected chi connectivity index (χ3v) is 2.82.